The first kappa shape index (κ1) is 13.9. The molecule has 0 bridgehead atoms. The number of ether oxygens (including phenoxy) is 1. The SMILES string of the molecule is COc1ccc(/C=C/c2cc(-c3ccccc3)n[nH]2)c(O)c1. The van der Waals surface area contributed by atoms with Crippen molar-refractivity contribution in [2.24, 2.45) is 0 Å². The molecule has 0 aliphatic carbocycles. The van der Waals surface area contributed by atoms with Crippen LogP contribution in [0.15, 0.2) is 54.6 Å². The van der Waals surface area contributed by atoms with E-state index >= 15 is 0 Å². The molecular formula is C18H16N2O2. The van der Waals surface area contributed by atoms with Gasteiger partial charge in [-0.25, -0.2) is 0 Å². The summed E-state index contributed by atoms with van der Waals surface area (Å²) in [4.78, 5) is 0. The molecule has 4 heteroatoms. The van der Waals surface area contributed by atoms with Crippen LogP contribution in [0.4, 0.5) is 0 Å². The van der Waals surface area contributed by atoms with Gasteiger partial charge >= 0.3 is 0 Å². The van der Waals surface area contributed by atoms with Crippen molar-refractivity contribution in [2.45, 2.75) is 0 Å². The van der Waals surface area contributed by atoms with Gasteiger partial charge in [0, 0.05) is 17.2 Å². The summed E-state index contributed by atoms with van der Waals surface area (Å²) in [6, 6.07) is 17.1. The van der Waals surface area contributed by atoms with Crippen LogP contribution in [0.1, 0.15) is 11.3 Å². The number of phenols is 1. The van der Waals surface area contributed by atoms with Crippen LogP contribution < -0.4 is 4.74 Å². The molecule has 0 radical (unpaired) electrons. The van der Waals surface area contributed by atoms with E-state index in [1.54, 1.807) is 19.2 Å². The standard InChI is InChI=1S/C18H16N2O2/c1-22-16-10-8-14(18(21)12-16)7-9-15-11-17(20-19-15)13-5-3-2-4-6-13/h2-12,21H,1H3,(H,19,20)/b9-7+. The summed E-state index contributed by atoms with van der Waals surface area (Å²) in [5.74, 6) is 0.806. The Hall–Kier alpha value is -3.01. The van der Waals surface area contributed by atoms with Gasteiger partial charge in [0.15, 0.2) is 0 Å². The van der Waals surface area contributed by atoms with Crippen molar-refractivity contribution in [1.82, 2.24) is 10.2 Å². The molecule has 0 unspecified atom stereocenters. The molecule has 22 heavy (non-hydrogen) atoms. The number of rotatable bonds is 4. The molecule has 4 nitrogen and oxygen atoms in total. The van der Waals surface area contributed by atoms with Crippen LogP contribution in [0, 0.1) is 0 Å². The van der Waals surface area contributed by atoms with E-state index in [1.165, 1.54) is 0 Å². The van der Waals surface area contributed by atoms with Gasteiger partial charge < -0.3 is 9.84 Å². The van der Waals surface area contributed by atoms with E-state index in [0.29, 0.717) is 5.75 Å². The van der Waals surface area contributed by atoms with Crippen molar-refractivity contribution >= 4 is 12.2 Å². The summed E-state index contributed by atoms with van der Waals surface area (Å²) in [7, 11) is 1.57. The molecule has 2 aromatic carbocycles. The molecule has 0 amide bonds. The van der Waals surface area contributed by atoms with E-state index in [9.17, 15) is 5.11 Å². The number of phenolic OH excluding ortho intramolecular Hbond substituents is 1. The maximum Gasteiger partial charge on any atom is 0.126 e. The highest BCUT2D eigenvalue weighted by molar-refractivity contribution is 5.73. The monoisotopic (exact) mass is 292 g/mol. The van der Waals surface area contributed by atoms with Gasteiger partial charge in [0.25, 0.3) is 0 Å². The van der Waals surface area contributed by atoms with E-state index in [4.69, 9.17) is 4.74 Å². The lowest BCUT2D eigenvalue weighted by molar-refractivity contribution is 0.407. The molecule has 0 aliphatic heterocycles. The summed E-state index contributed by atoms with van der Waals surface area (Å²) in [5, 5.41) is 17.2. The minimum absolute atomic E-state index is 0.179. The van der Waals surface area contributed by atoms with Crippen LogP contribution in [0.25, 0.3) is 23.4 Å². The number of nitrogens with zero attached hydrogens (tertiary/aromatic N) is 1. The van der Waals surface area contributed by atoms with Gasteiger partial charge in [0.05, 0.1) is 18.5 Å². The van der Waals surface area contributed by atoms with Gasteiger partial charge in [-0.05, 0) is 30.4 Å². The Morgan fingerprint density at radius 3 is 2.59 bits per heavy atom. The fraction of sp³-hybridized carbons (Fsp3) is 0.0556. The summed E-state index contributed by atoms with van der Waals surface area (Å²) in [6.07, 6.45) is 3.71. The van der Waals surface area contributed by atoms with E-state index in [2.05, 4.69) is 10.2 Å². The minimum atomic E-state index is 0.179. The lowest BCUT2D eigenvalue weighted by atomic mass is 10.1. The third-order valence-corrected chi connectivity index (χ3v) is 3.35. The second-order valence-electron chi connectivity index (χ2n) is 4.83. The van der Waals surface area contributed by atoms with Crippen molar-refractivity contribution in [3.63, 3.8) is 0 Å². The second kappa shape index (κ2) is 6.18. The first-order valence-corrected chi connectivity index (χ1v) is 6.92. The highest BCUT2D eigenvalue weighted by atomic mass is 16.5. The maximum atomic E-state index is 9.93. The average molecular weight is 292 g/mol. The lowest BCUT2D eigenvalue weighted by Gasteiger charge is -2.02. The number of aromatic hydroxyl groups is 1. The molecule has 0 saturated carbocycles. The molecule has 3 aromatic rings. The zero-order valence-corrected chi connectivity index (χ0v) is 12.2. The first-order valence-electron chi connectivity index (χ1n) is 6.92. The molecule has 3 rings (SSSR count). The number of benzene rings is 2. The Kier molecular flexibility index (Phi) is 3.92. The highest BCUT2D eigenvalue weighted by Gasteiger charge is 2.02. The maximum absolute atomic E-state index is 9.93. The summed E-state index contributed by atoms with van der Waals surface area (Å²) >= 11 is 0. The fourth-order valence-corrected chi connectivity index (χ4v) is 2.15. The molecule has 2 N–H and O–H groups in total. The fourth-order valence-electron chi connectivity index (χ4n) is 2.15. The number of hydrogen-bond donors (Lipinski definition) is 2. The molecular weight excluding hydrogens is 276 g/mol. The zero-order chi connectivity index (χ0) is 15.4. The Balaban J connectivity index is 1.80. The number of methoxy groups -OCH3 is 1. The summed E-state index contributed by atoms with van der Waals surface area (Å²) in [5.41, 5.74) is 3.54. The van der Waals surface area contributed by atoms with Crippen molar-refractivity contribution < 1.29 is 9.84 Å². The van der Waals surface area contributed by atoms with Crippen LogP contribution in [-0.4, -0.2) is 22.4 Å². The minimum Gasteiger partial charge on any atom is -0.507 e. The average Bonchev–Trinajstić information content (AvgIpc) is 3.03. The number of aromatic nitrogens is 2. The van der Waals surface area contributed by atoms with Crippen LogP contribution in [0.3, 0.4) is 0 Å². The third-order valence-electron chi connectivity index (χ3n) is 3.35. The largest absolute Gasteiger partial charge is 0.507 e. The predicted octanol–water partition coefficient (Wildman–Crippen LogP) is 3.96. The molecule has 0 atom stereocenters. The number of aromatic amines is 1. The number of nitrogens with one attached hydrogen (secondary N) is 1. The zero-order valence-electron chi connectivity index (χ0n) is 12.2. The van der Waals surface area contributed by atoms with Gasteiger partial charge in [-0.2, -0.15) is 5.10 Å². The summed E-state index contributed by atoms with van der Waals surface area (Å²) < 4.78 is 5.06. The quantitative estimate of drug-likeness (QED) is 0.765. The van der Waals surface area contributed by atoms with Gasteiger partial charge in [-0.3, -0.25) is 5.10 Å². The van der Waals surface area contributed by atoms with E-state index in [1.807, 2.05) is 54.6 Å². The molecule has 1 aromatic heterocycles. The highest BCUT2D eigenvalue weighted by Crippen LogP contribution is 2.25. The van der Waals surface area contributed by atoms with E-state index in [-0.39, 0.29) is 5.75 Å². The van der Waals surface area contributed by atoms with Gasteiger partial charge in [0.1, 0.15) is 11.5 Å². The lowest BCUT2D eigenvalue weighted by Crippen LogP contribution is -1.83. The predicted molar refractivity (Wildman–Crippen MR) is 87.6 cm³/mol. The first-order chi connectivity index (χ1) is 10.8. The smallest absolute Gasteiger partial charge is 0.126 e. The summed E-state index contributed by atoms with van der Waals surface area (Å²) in [6.45, 7) is 0. The molecule has 110 valence electrons. The molecule has 0 spiro atoms. The van der Waals surface area contributed by atoms with Gasteiger partial charge in [-0.15, -0.1) is 0 Å². The Labute approximate surface area is 128 Å². The Morgan fingerprint density at radius 1 is 1.05 bits per heavy atom. The van der Waals surface area contributed by atoms with Crippen molar-refractivity contribution in [2.75, 3.05) is 7.11 Å². The van der Waals surface area contributed by atoms with Gasteiger partial charge in [0.2, 0.25) is 0 Å². The molecule has 1 heterocycles. The Morgan fingerprint density at radius 2 is 1.86 bits per heavy atom. The van der Waals surface area contributed by atoms with Crippen molar-refractivity contribution in [3.05, 3.63) is 65.9 Å². The normalized spacial score (nSPS) is 11.0. The third kappa shape index (κ3) is 3.01. The van der Waals surface area contributed by atoms with Crippen LogP contribution >= 0.6 is 0 Å². The molecule has 0 aliphatic rings. The second-order valence-corrected chi connectivity index (χ2v) is 4.83. The molecule has 0 fully saturated rings. The van der Waals surface area contributed by atoms with Crippen LogP contribution in [0.5, 0.6) is 11.5 Å². The number of H-pyrrole nitrogens is 1. The van der Waals surface area contributed by atoms with Crippen molar-refractivity contribution in [1.29, 1.82) is 0 Å². The van der Waals surface area contributed by atoms with Gasteiger partial charge in [-0.1, -0.05) is 30.3 Å². The van der Waals surface area contributed by atoms with Crippen molar-refractivity contribution in [3.8, 4) is 22.8 Å². The molecule has 0 saturated heterocycles. The van der Waals surface area contributed by atoms with E-state index in [0.717, 1.165) is 22.5 Å². The topological polar surface area (TPSA) is 58.1 Å². The Bertz CT molecular complexity index is 792. The number of hydrogen-bond acceptors (Lipinski definition) is 3. The van der Waals surface area contributed by atoms with E-state index < -0.39 is 0 Å². The van der Waals surface area contributed by atoms with Crippen LogP contribution in [0.2, 0.25) is 0 Å². The van der Waals surface area contributed by atoms with Crippen LogP contribution in [-0.2, 0) is 0 Å².